The van der Waals surface area contributed by atoms with Crippen LogP contribution in [0.4, 0.5) is 0 Å². The maximum Gasteiger partial charge on any atom is 0.159 e. The van der Waals surface area contributed by atoms with Gasteiger partial charge in [-0.05, 0) is 101 Å². The van der Waals surface area contributed by atoms with Crippen LogP contribution in [0.1, 0.15) is 43.0 Å². The number of benzene rings is 4. The molecule has 4 aromatic carbocycles. The van der Waals surface area contributed by atoms with Gasteiger partial charge in [0, 0.05) is 59.8 Å². The number of nitrogens with one attached hydrogen (secondary N) is 5. The largest absolute Gasteiger partial charge is 0.392 e. The number of fused-ring (bicyclic) bond motifs is 4. The fourth-order valence-corrected chi connectivity index (χ4v) is 7.48. The Kier molecular flexibility index (Phi) is 9.79. The maximum atomic E-state index is 9.52. The van der Waals surface area contributed by atoms with Crippen molar-refractivity contribution in [2.24, 2.45) is 5.41 Å². The Labute approximate surface area is 340 Å². The number of aromatic amines is 4. The van der Waals surface area contributed by atoms with Gasteiger partial charge in [-0.15, -0.1) is 0 Å². The van der Waals surface area contributed by atoms with Gasteiger partial charge < -0.3 is 20.4 Å². The van der Waals surface area contributed by atoms with E-state index in [2.05, 4.69) is 103 Å². The Morgan fingerprint density at radius 2 is 1.08 bits per heavy atom. The normalized spacial score (nSPS) is 11.8. The average molecular weight is 780 g/mol. The molecular formula is C47H45N11O. The van der Waals surface area contributed by atoms with Gasteiger partial charge >= 0.3 is 0 Å². The van der Waals surface area contributed by atoms with Crippen molar-refractivity contribution in [1.82, 2.24) is 55.6 Å². The van der Waals surface area contributed by atoms with Crippen LogP contribution in [0.3, 0.4) is 0 Å². The molecule has 294 valence electrons. The van der Waals surface area contributed by atoms with Crippen molar-refractivity contribution in [3.05, 3.63) is 132 Å². The maximum absolute atomic E-state index is 9.52. The zero-order valence-electron chi connectivity index (χ0n) is 33.6. The van der Waals surface area contributed by atoms with Gasteiger partial charge in [0.1, 0.15) is 11.4 Å². The van der Waals surface area contributed by atoms with Crippen LogP contribution in [-0.2, 0) is 13.2 Å². The third-order valence-electron chi connectivity index (χ3n) is 10.8. The van der Waals surface area contributed by atoms with Crippen LogP contribution < -0.4 is 5.32 Å². The lowest BCUT2D eigenvalue weighted by molar-refractivity contribution is 0.280. The smallest absolute Gasteiger partial charge is 0.159 e. The summed E-state index contributed by atoms with van der Waals surface area (Å²) in [5.41, 5.74) is 16.2. The first-order valence-corrected chi connectivity index (χ1v) is 19.7. The van der Waals surface area contributed by atoms with Crippen molar-refractivity contribution in [2.75, 3.05) is 6.54 Å². The molecule has 0 unspecified atom stereocenters. The second-order valence-electron chi connectivity index (χ2n) is 16.1. The Balaban J connectivity index is 0.000000154. The van der Waals surface area contributed by atoms with Crippen LogP contribution in [0.25, 0.3) is 89.2 Å². The van der Waals surface area contributed by atoms with E-state index in [0.29, 0.717) is 0 Å². The summed E-state index contributed by atoms with van der Waals surface area (Å²) >= 11 is 0. The van der Waals surface area contributed by atoms with Crippen molar-refractivity contribution in [1.29, 1.82) is 0 Å². The van der Waals surface area contributed by atoms with Gasteiger partial charge in [-0.25, -0.2) is 9.97 Å². The number of aromatic nitrogens is 10. The lowest BCUT2D eigenvalue weighted by Gasteiger charge is -2.19. The van der Waals surface area contributed by atoms with E-state index in [1.165, 1.54) is 11.1 Å². The van der Waals surface area contributed by atoms with E-state index < -0.39 is 0 Å². The van der Waals surface area contributed by atoms with Crippen molar-refractivity contribution >= 4 is 43.9 Å². The van der Waals surface area contributed by atoms with Crippen molar-refractivity contribution < 1.29 is 5.11 Å². The third-order valence-corrected chi connectivity index (χ3v) is 10.8. The molecule has 12 nitrogen and oxygen atoms in total. The van der Waals surface area contributed by atoms with E-state index in [4.69, 9.17) is 4.98 Å². The fraction of sp³-hybridized carbons (Fsp3) is 0.191. The van der Waals surface area contributed by atoms with Gasteiger partial charge in [0.05, 0.1) is 39.7 Å². The molecule has 10 aromatic rings. The SMILES string of the molecule is Cc1c(CNCC(C)(C)C)cncc1-c1ccc2[nH]nc(-c3nc4ccccc4[nH]3)c2c1.Cc1c(CO)cncc1-c1ccc2[nH]nc(-c3nc4ccccc4[nH]3)c2c1. The zero-order chi connectivity index (χ0) is 40.7. The number of nitrogens with zero attached hydrogens (tertiary/aromatic N) is 6. The van der Waals surface area contributed by atoms with E-state index in [-0.39, 0.29) is 12.0 Å². The number of aliphatic hydroxyl groups excluding tert-OH is 1. The monoisotopic (exact) mass is 779 g/mol. The number of imidazole rings is 2. The number of hydrogen-bond acceptors (Lipinski definition) is 8. The second kappa shape index (κ2) is 15.4. The summed E-state index contributed by atoms with van der Waals surface area (Å²) in [6.07, 6.45) is 7.45. The van der Waals surface area contributed by atoms with Crippen molar-refractivity contribution in [3.63, 3.8) is 0 Å². The van der Waals surface area contributed by atoms with Gasteiger partial charge in [0.15, 0.2) is 11.6 Å². The zero-order valence-corrected chi connectivity index (χ0v) is 33.6. The van der Waals surface area contributed by atoms with E-state index in [1.807, 2.05) is 86.2 Å². The predicted octanol–water partition coefficient (Wildman–Crippen LogP) is 9.58. The molecule has 0 spiro atoms. The molecule has 6 heterocycles. The molecule has 59 heavy (non-hydrogen) atoms. The summed E-state index contributed by atoms with van der Waals surface area (Å²) in [6.45, 7) is 12.6. The molecule has 0 atom stereocenters. The van der Waals surface area contributed by atoms with Gasteiger partial charge in [-0.2, -0.15) is 10.2 Å². The first kappa shape index (κ1) is 37.6. The van der Waals surface area contributed by atoms with Crippen molar-refractivity contribution in [3.8, 4) is 45.3 Å². The Hall–Kier alpha value is -7.02. The second-order valence-corrected chi connectivity index (χ2v) is 16.1. The minimum Gasteiger partial charge on any atom is -0.392 e. The molecule has 0 saturated carbocycles. The molecule has 0 aliphatic carbocycles. The molecule has 0 saturated heterocycles. The molecule has 0 radical (unpaired) electrons. The molecule has 0 aliphatic rings. The molecule has 12 heteroatoms. The number of pyridine rings is 2. The number of para-hydroxylation sites is 4. The summed E-state index contributed by atoms with van der Waals surface area (Å²) in [7, 11) is 0. The van der Waals surface area contributed by atoms with Crippen LogP contribution in [0, 0.1) is 19.3 Å². The van der Waals surface area contributed by atoms with E-state index >= 15 is 0 Å². The van der Waals surface area contributed by atoms with Gasteiger partial charge in [0.25, 0.3) is 0 Å². The highest BCUT2D eigenvalue weighted by atomic mass is 16.3. The van der Waals surface area contributed by atoms with E-state index in [9.17, 15) is 5.11 Å². The fourth-order valence-electron chi connectivity index (χ4n) is 7.48. The molecule has 0 aliphatic heterocycles. The molecule has 6 N–H and O–H groups in total. The predicted molar refractivity (Wildman–Crippen MR) is 235 cm³/mol. The molecule has 0 amide bonds. The first-order chi connectivity index (χ1) is 28.6. The highest BCUT2D eigenvalue weighted by molar-refractivity contribution is 5.97. The molecule has 0 bridgehead atoms. The highest BCUT2D eigenvalue weighted by Gasteiger charge is 2.17. The van der Waals surface area contributed by atoms with Crippen LogP contribution >= 0.6 is 0 Å². The summed E-state index contributed by atoms with van der Waals surface area (Å²) in [4.78, 5) is 24.9. The van der Waals surface area contributed by atoms with Crippen LogP contribution in [0.2, 0.25) is 0 Å². The highest BCUT2D eigenvalue weighted by Crippen LogP contribution is 2.34. The van der Waals surface area contributed by atoms with Crippen molar-refractivity contribution in [2.45, 2.75) is 47.8 Å². The van der Waals surface area contributed by atoms with Crippen LogP contribution in [-0.4, -0.2) is 61.9 Å². The minimum atomic E-state index is -0.0230. The minimum absolute atomic E-state index is 0.0230. The standard InChI is InChI=1S/C26H28N6.C21H17N5O/c1-16-18(13-28-15-26(2,3)4)12-27-14-20(16)17-9-10-21-19(11-17)24(32-31-21)25-29-22-7-5-6-8-23(22)30-25;1-12-14(11-27)9-22-10-16(12)13-6-7-17-15(8-13)20(26-25-17)21-23-18-4-2-3-5-19(18)24-21/h5-12,14,28H,13,15H2,1-4H3,(H,29,30)(H,31,32);2-10,27H,11H2,1H3,(H,23,24)(H,25,26). The molecular weight excluding hydrogens is 735 g/mol. The molecule has 0 fully saturated rings. The number of aliphatic hydroxyl groups is 1. The van der Waals surface area contributed by atoms with Crippen LogP contribution in [0.15, 0.2) is 110 Å². The first-order valence-electron chi connectivity index (χ1n) is 19.7. The Morgan fingerprint density at radius 1 is 0.593 bits per heavy atom. The summed E-state index contributed by atoms with van der Waals surface area (Å²) in [5.74, 6) is 1.50. The third kappa shape index (κ3) is 7.47. The molecule has 10 rings (SSSR count). The van der Waals surface area contributed by atoms with Gasteiger partial charge in [-0.1, -0.05) is 57.2 Å². The Bertz CT molecular complexity index is 3040. The molecule has 6 aromatic heterocycles. The number of hydrogen-bond donors (Lipinski definition) is 6. The van der Waals surface area contributed by atoms with Crippen LogP contribution in [0.5, 0.6) is 0 Å². The average Bonchev–Trinajstić information content (AvgIpc) is 4.05. The van der Waals surface area contributed by atoms with Gasteiger partial charge in [0.2, 0.25) is 0 Å². The summed E-state index contributed by atoms with van der Waals surface area (Å²) < 4.78 is 0. The number of rotatable bonds is 8. The van der Waals surface area contributed by atoms with E-state index in [0.717, 1.165) is 113 Å². The van der Waals surface area contributed by atoms with E-state index in [1.54, 1.807) is 6.20 Å². The lowest BCUT2D eigenvalue weighted by atomic mass is 9.96. The summed E-state index contributed by atoms with van der Waals surface area (Å²) in [6, 6.07) is 28.5. The quantitative estimate of drug-likeness (QED) is 0.0885. The topological polar surface area (TPSA) is 173 Å². The number of H-pyrrole nitrogens is 4. The summed E-state index contributed by atoms with van der Waals surface area (Å²) in [5, 5.41) is 30.4. The Morgan fingerprint density at radius 3 is 1.58 bits per heavy atom. The van der Waals surface area contributed by atoms with Gasteiger partial charge in [-0.3, -0.25) is 20.2 Å². The lowest BCUT2D eigenvalue weighted by Crippen LogP contribution is -2.26.